The highest BCUT2D eigenvalue weighted by molar-refractivity contribution is 5.26. The summed E-state index contributed by atoms with van der Waals surface area (Å²) in [6, 6.07) is 0. The van der Waals surface area contributed by atoms with Crippen LogP contribution >= 0.6 is 0 Å². The summed E-state index contributed by atoms with van der Waals surface area (Å²) in [7, 11) is 0. The minimum absolute atomic E-state index is 0.0361. The fraction of sp³-hybridized carbons (Fsp3) is 0.956. The van der Waals surface area contributed by atoms with Gasteiger partial charge in [0.25, 0.3) is 0 Å². The van der Waals surface area contributed by atoms with Gasteiger partial charge in [-0.05, 0) is 105 Å². The largest absolute Gasteiger partial charge is 0.394 e. The van der Waals surface area contributed by atoms with E-state index < -0.39 is 111 Å². The summed E-state index contributed by atoms with van der Waals surface area (Å²) in [4.78, 5) is 0. The predicted octanol–water partition coefficient (Wildman–Crippen LogP) is -0.213. The molecule has 1 spiro atoms. The van der Waals surface area contributed by atoms with Gasteiger partial charge >= 0.3 is 0 Å². The Morgan fingerprint density at radius 1 is 0.694 bits per heavy atom. The number of aliphatic hydroxyl groups is 9. The number of hydrogen-bond donors (Lipinski definition) is 10. The molecule has 5 heterocycles. The summed E-state index contributed by atoms with van der Waals surface area (Å²) in [5, 5.41) is 99.7. The van der Waals surface area contributed by atoms with E-state index in [1.54, 1.807) is 0 Å². The Bertz CT molecular complexity index is 1610. The molecule has 0 radical (unpaired) electrons. The molecule has 62 heavy (non-hydrogen) atoms. The maximum atomic E-state index is 11.6. The van der Waals surface area contributed by atoms with Gasteiger partial charge in [-0.25, -0.2) is 0 Å². The number of allylic oxidation sites excluding steroid dienone is 1. The third kappa shape index (κ3) is 7.49. The SMILES string of the molecule is C[C@@H]1CC[C@]2(NC1)O[C@@H]1C[C@@H]3[C@H]4CC=C5C[C@@H](O[C@H]6O[C@@H](CO)[C@H](O)[C@@H](O[C@@H]7O[C@H](CO)[C@@H](O)[C@@H](O)[C@@H]7O)[C@@H]6O[C@@H]6O[C@H](C)[C@@H](O)[C@H](O)[C@@H]6O)CC[C@@]5(C)[C@@H]4CC[C@@]3(C)[C@@H]1[C@H]2C. The van der Waals surface area contributed by atoms with Crippen molar-refractivity contribution in [1.29, 1.82) is 0 Å². The van der Waals surface area contributed by atoms with Crippen LogP contribution in [-0.2, 0) is 33.2 Å². The highest BCUT2D eigenvalue weighted by Gasteiger charge is 2.68. The maximum absolute atomic E-state index is 11.6. The van der Waals surface area contributed by atoms with Crippen molar-refractivity contribution in [3.63, 3.8) is 0 Å². The van der Waals surface area contributed by atoms with Crippen LogP contribution in [0, 0.1) is 46.3 Å². The molecule has 9 aliphatic rings. The first kappa shape index (κ1) is 46.2. The van der Waals surface area contributed by atoms with E-state index >= 15 is 0 Å². The molecule has 0 aromatic carbocycles. The van der Waals surface area contributed by atoms with Crippen LogP contribution in [0.5, 0.6) is 0 Å². The van der Waals surface area contributed by atoms with Crippen LogP contribution in [0.25, 0.3) is 0 Å². The topological polar surface area (TPSA) is 259 Å². The average molecular weight is 884 g/mol. The Kier molecular flexibility index (Phi) is 12.9. The zero-order valence-electron chi connectivity index (χ0n) is 36.7. The second-order valence-electron chi connectivity index (χ2n) is 21.2. The van der Waals surface area contributed by atoms with E-state index in [1.165, 1.54) is 25.3 Å². The fourth-order valence-corrected chi connectivity index (χ4v) is 14.2. The molecule has 3 saturated carbocycles. The van der Waals surface area contributed by atoms with Gasteiger partial charge in [0.05, 0.1) is 31.5 Å². The van der Waals surface area contributed by atoms with Gasteiger partial charge in [0.1, 0.15) is 72.9 Å². The van der Waals surface area contributed by atoms with Crippen molar-refractivity contribution in [2.45, 2.75) is 202 Å². The van der Waals surface area contributed by atoms with Crippen molar-refractivity contribution in [2.24, 2.45) is 46.3 Å². The van der Waals surface area contributed by atoms with Gasteiger partial charge in [-0.1, -0.05) is 39.3 Å². The quantitative estimate of drug-likeness (QED) is 0.142. The monoisotopic (exact) mass is 883 g/mol. The molecule has 10 N–H and O–H groups in total. The Balaban J connectivity index is 0.940. The third-order valence-electron chi connectivity index (χ3n) is 17.9. The van der Waals surface area contributed by atoms with Gasteiger partial charge in [-0.3, -0.25) is 5.32 Å². The van der Waals surface area contributed by atoms with Gasteiger partial charge in [0, 0.05) is 12.5 Å². The molecule has 4 aliphatic carbocycles. The second kappa shape index (κ2) is 17.3. The lowest BCUT2D eigenvalue weighted by molar-refractivity contribution is -0.394. The lowest BCUT2D eigenvalue weighted by atomic mass is 9.47. The van der Waals surface area contributed by atoms with Crippen LogP contribution in [0.1, 0.15) is 92.4 Å². The first-order chi connectivity index (χ1) is 29.4. The van der Waals surface area contributed by atoms with Crippen LogP contribution in [0.15, 0.2) is 11.6 Å². The molecule has 8 fully saturated rings. The van der Waals surface area contributed by atoms with Gasteiger partial charge < -0.3 is 79.1 Å². The van der Waals surface area contributed by atoms with Gasteiger partial charge in [0.15, 0.2) is 18.9 Å². The van der Waals surface area contributed by atoms with Crippen molar-refractivity contribution < 1.29 is 79.1 Å². The molecule has 5 aliphatic heterocycles. The smallest absolute Gasteiger partial charge is 0.187 e. The molecular formula is C45H73NO16. The number of fused-ring (bicyclic) bond motifs is 7. The van der Waals surface area contributed by atoms with E-state index in [1.807, 2.05) is 0 Å². The zero-order chi connectivity index (χ0) is 44.2. The van der Waals surface area contributed by atoms with Crippen LogP contribution in [0.4, 0.5) is 0 Å². The van der Waals surface area contributed by atoms with Crippen molar-refractivity contribution in [1.82, 2.24) is 5.32 Å². The number of aliphatic hydroxyl groups excluding tert-OH is 9. The molecule has 9 rings (SSSR count). The minimum atomic E-state index is -1.84. The van der Waals surface area contributed by atoms with E-state index in [-0.39, 0.29) is 22.7 Å². The van der Waals surface area contributed by atoms with Gasteiger partial charge in [0.2, 0.25) is 0 Å². The normalized spacial score (nSPS) is 57.6. The number of rotatable bonds is 8. The summed E-state index contributed by atoms with van der Waals surface area (Å²) in [5.41, 5.74) is 1.32. The summed E-state index contributed by atoms with van der Waals surface area (Å²) >= 11 is 0. The maximum Gasteiger partial charge on any atom is 0.187 e. The van der Waals surface area contributed by atoms with Gasteiger partial charge in [-0.2, -0.15) is 0 Å². The molecule has 0 bridgehead atoms. The molecule has 0 aromatic heterocycles. The molecule has 0 aromatic rings. The van der Waals surface area contributed by atoms with E-state index in [4.69, 9.17) is 33.2 Å². The summed E-state index contributed by atoms with van der Waals surface area (Å²) in [5.74, 6) is 3.32. The number of hydrogen-bond acceptors (Lipinski definition) is 17. The molecule has 354 valence electrons. The summed E-state index contributed by atoms with van der Waals surface area (Å²) in [6.45, 7) is 10.8. The van der Waals surface area contributed by atoms with E-state index in [2.05, 4.69) is 39.1 Å². The number of piperidine rings is 1. The Labute approximate surface area is 364 Å². The van der Waals surface area contributed by atoms with Crippen LogP contribution in [0.3, 0.4) is 0 Å². The Morgan fingerprint density at radius 2 is 1.35 bits per heavy atom. The number of nitrogens with one attached hydrogen (secondary N) is 1. The molecule has 0 unspecified atom stereocenters. The van der Waals surface area contributed by atoms with Crippen LogP contribution < -0.4 is 5.32 Å². The third-order valence-corrected chi connectivity index (χ3v) is 17.9. The fourth-order valence-electron chi connectivity index (χ4n) is 14.2. The second-order valence-corrected chi connectivity index (χ2v) is 21.2. The van der Waals surface area contributed by atoms with Gasteiger partial charge in [-0.15, -0.1) is 0 Å². The van der Waals surface area contributed by atoms with Crippen LogP contribution in [0.2, 0.25) is 0 Å². The van der Waals surface area contributed by atoms with Crippen molar-refractivity contribution in [3.8, 4) is 0 Å². The minimum Gasteiger partial charge on any atom is -0.394 e. The Morgan fingerprint density at radius 3 is 2.05 bits per heavy atom. The first-order valence-electron chi connectivity index (χ1n) is 23.5. The van der Waals surface area contributed by atoms with Crippen molar-refractivity contribution in [2.75, 3.05) is 19.8 Å². The first-order valence-corrected chi connectivity index (χ1v) is 23.5. The molecular weight excluding hydrogens is 810 g/mol. The molecule has 0 amide bonds. The average Bonchev–Trinajstić information content (AvgIpc) is 3.70. The number of ether oxygens (including phenoxy) is 7. The summed E-state index contributed by atoms with van der Waals surface area (Å²) in [6.07, 6.45) is -11.9. The molecule has 5 saturated heterocycles. The highest BCUT2D eigenvalue weighted by Crippen LogP contribution is 2.70. The Hall–Kier alpha value is -0.940. The van der Waals surface area contributed by atoms with E-state index in [0.717, 1.165) is 38.6 Å². The standard InChI is InChI=1S/C45H73NO16/c1-19-8-13-45(46-16-19)20(2)30-27(62-45)15-26-24-7-6-22-14-23(9-11-43(22,4)25(24)10-12-44(26,30)5)57-42-39(61-40-36(54)34(52)31(49)21(3)56-40)38(33(51)29(18-48)59-42)60-41-37(55)35(53)32(50)28(17-47)58-41/h6,19-21,23-42,46-55H,7-18H2,1-5H3/t19-,20-,21-,23+,24+,25-,26-,27-,28-,29+,30-,31-,32-,33+,34+,35-,36+,37+,38-,39+,40+,41+,42+,43-,44-,45+/m1/s1. The van der Waals surface area contributed by atoms with Crippen LogP contribution in [-0.4, -0.2) is 176 Å². The molecule has 26 atom stereocenters. The molecule has 17 nitrogen and oxygen atoms in total. The van der Waals surface area contributed by atoms with Crippen molar-refractivity contribution in [3.05, 3.63) is 11.6 Å². The highest BCUT2D eigenvalue weighted by atomic mass is 16.8. The summed E-state index contributed by atoms with van der Waals surface area (Å²) < 4.78 is 43.9. The van der Waals surface area contributed by atoms with E-state index in [9.17, 15) is 46.0 Å². The molecule has 17 heteroatoms. The lowest BCUT2D eigenvalue weighted by Gasteiger charge is -2.59. The lowest BCUT2D eigenvalue weighted by Crippen LogP contribution is -2.67. The predicted molar refractivity (Wildman–Crippen MR) is 216 cm³/mol. The van der Waals surface area contributed by atoms with E-state index in [0.29, 0.717) is 48.3 Å². The van der Waals surface area contributed by atoms with Crippen molar-refractivity contribution >= 4 is 0 Å². The zero-order valence-corrected chi connectivity index (χ0v) is 36.7.